The fourth-order valence-electron chi connectivity index (χ4n) is 3.54. The number of hydrogen-bond acceptors (Lipinski definition) is 4. The van der Waals surface area contributed by atoms with Crippen molar-refractivity contribution in [3.8, 4) is 5.75 Å². The second kappa shape index (κ2) is 6.53. The van der Waals surface area contributed by atoms with Gasteiger partial charge in [0.15, 0.2) is 0 Å². The zero-order chi connectivity index (χ0) is 14.8. The van der Waals surface area contributed by atoms with Gasteiger partial charge in [-0.05, 0) is 24.2 Å². The van der Waals surface area contributed by atoms with Crippen LogP contribution in [0.5, 0.6) is 5.75 Å². The van der Waals surface area contributed by atoms with E-state index in [0.29, 0.717) is 17.1 Å². The lowest BCUT2D eigenvalue weighted by Gasteiger charge is -2.50. The Balaban J connectivity index is 1.87. The third kappa shape index (κ3) is 3.04. The van der Waals surface area contributed by atoms with Crippen LogP contribution < -0.4 is 10.1 Å². The molecule has 3 aliphatic rings. The molecular formula is C16H24ClN3O. The predicted octanol–water partition coefficient (Wildman–Crippen LogP) is 2.00. The summed E-state index contributed by atoms with van der Waals surface area (Å²) in [6.45, 7) is 9.03. The Morgan fingerprint density at radius 1 is 1.33 bits per heavy atom. The van der Waals surface area contributed by atoms with Crippen LogP contribution in [0.15, 0.2) is 18.2 Å². The lowest BCUT2D eigenvalue weighted by atomic mass is 9.93. The van der Waals surface area contributed by atoms with Gasteiger partial charge in [0, 0.05) is 44.8 Å². The Labute approximate surface area is 132 Å². The van der Waals surface area contributed by atoms with Gasteiger partial charge in [-0.15, -0.1) is 0 Å². The van der Waals surface area contributed by atoms with Crippen LogP contribution in [-0.4, -0.2) is 62.2 Å². The van der Waals surface area contributed by atoms with Crippen LogP contribution in [0.25, 0.3) is 0 Å². The number of ether oxygens (including phenoxy) is 1. The molecule has 2 unspecified atom stereocenters. The van der Waals surface area contributed by atoms with E-state index in [1.165, 1.54) is 31.7 Å². The molecule has 3 aliphatic heterocycles. The van der Waals surface area contributed by atoms with Crippen LogP contribution in [0.4, 0.5) is 0 Å². The number of fused-ring (bicyclic) bond motifs is 3. The first kappa shape index (κ1) is 15.1. The van der Waals surface area contributed by atoms with Crippen LogP contribution in [0.1, 0.15) is 18.5 Å². The van der Waals surface area contributed by atoms with E-state index in [2.05, 4.69) is 34.2 Å². The molecule has 1 aromatic carbocycles. The zero-order valence-electron chi connectivity index (χ0n) is 12.8. The SMILES string of the molecule is CCNC(c1ccc(Cl)c(OC)c1)C1CN2CCN1CC2. The Bertz CT molecular complexity index is 488. The zero-order valence-corrected chi connectivity index (χ0v) is 13.6. The summed E-state index contributed by atoms with van der Waals surface area (Å²) in [6, 6.07) is 6.99. The maximum absolute atomic E-state index is 6.16. The number of hydrogen-bond donors (Lipinski definition) is 1. The summed E-state index contributed by atoms with van der Waals surface area (Å²) >= 11 is 6.16. The third-order valence-electron chi connectivity index (χ3n) is 4.66. The van der Waals surface area contributed by atoms with Gasteiger partial charge >= 0.3 is 0 Å². The van der Waals surface area contributed by atoms with E-state index in [0.717, 1.165) is 18.8 Å². The van der Waals surface area contributed by atoms with Crippen molar-refractivity contribution < 1.29 is 4.74 Å². The molecule has 0 aliphatic carbocycles. The van der Waals surface area contributed by atoms with Gasteiger partial charge in [-0.2, -0.15) is 0 Å². The fourth-order valence-corrected chi connectivity index (χ4v) is 3.73. The lowest BCUT2D eigenvalue weighted by molar-refractivity contribution is -0.00345. The van der Waals surface area contributed by atoms with Gasteiger partial charge in [0.25, 0.3) is 0 Å². The highest BCUT2D eigenvalue weighted by Crippen LogP contribution is 2.32. The number of likely N-dealkylation sites (N-methyl/N-ethyl adjacent to an activating group) is 1. The number of nitrogens with zero attached hydrogens (tertiary/aromatic N) is 2. The molecule has 4 rings (SSSR count). The largest absolute Gasteiger partial charge is 0.495 e. The highest BCUT2D eigenvalue weighted by Gasteiger charge is 2.37. The van der Waals surface area contributed by atoms with Crippen molar-refractivity contribution in [2.24, 2.45) is 0 Å². The molecule has 0 aromatic heterocycles. The van der Waals surface area contributed by atoms with Crippen LogP contribution in [0.2, 0.25) is 5.02 Å². The normalized spacial score (nSPS) is 29.4. The summed E-state index contributed by atoms with van der Waals surface area (Å²) in [4.78, 5) is 5.19. The molecule has 0 spiro atoms. The molecule has 4 nitrogen and oxygen atoms in total. The van der Waals surface area contributed by atoms with Crippen molar-refractivity contribution in [2.75, 3.05) is 46.4 Å². The average Bonchev–Trinajstić information content (AvgIpc) is 2.54. The number of methoxy groups -OCH3 is 1. The van der Waals surface area contributed by atoms with Crippen molar-refractivity contribution in [1.82, 2.24) is 15.1 Å². The molecule has 1 aromatic rings. The molecule has 2 atom stereocenters. The van der Waals surface area contributed by atoms with Crippen LogP contribution in [-0.2, 0) is 0 Å². The van der Waals surface area contributed by atoms with Gasteiger partial charge in [0.1, 0.15) is 5.75 Å². The second-order valence-electron chi connectivity index (χ2n) is 5.83. The molecule has 3 heterocycles. The molecule has 116 valence electrons. The molecule has 2 bridgehead atoms. The summed E-state index contributed by atoms with van der Waals surface area (Å²) in [7, 11) is 1.67. The topological polar surface area (TPSA) is 27.7 Å². The minimum absolute atomic E-state index is 0.323. The molecule has 1 N–H and O–H groups in total. The van der Waals surface area contributed by atoms with E-state index in [9.17, 15) is 0 Å². The number of nitrogens with one attached hydrogen (secondary N) is 1. The standard InChI is InChI=1S/C16H24ClN3O/c1-3-18-16(12-4-5-13(17)15(10-12)21-2)14-11-19-6-8-20(14)9-7-19/h4-5,10,14,16,18H,3,6-9,11H2,1-2H3. The maximum Gasteiger partial charge on any atom is 0.137 e. The molecule has 3 saturated heterocycles. The summed E-state index contributed by atoms with van der Waals surface area (Å²) in [5.41, 5.74) is 1.26. The third-order valence-corrected chi connectivity index (χ3v) is 4.98. The van der Waals surface area contributed by atoms with Crippen molar-refractivity contribution in [2.45, 2.75) is 19.0 Å². The summed E-state index contributed by atoms with van der Waals surface area (Å²) < 4.78 is 5.38. The molecular weight excluding hydrogens is 286 g/mol. The summed E-state index contributed by atoms with van der Waals surface area (Å²) in [5.74, 6) is 0.758. The molecule has 5 heteroatoms. The minimum Gasteiger partial charge on any atom is -0.495 e. The Morgan fingerprint density at radius 2 is 2.10 bits per heavy atom. The monoisotopic (exact) mass is 309 g/mol. The number of benzene rings is 1. The van der Waals surface area contributed by atoms with Crippen molar-refractivity contribution >= 4 is 11.6 Å². The first-order chi connectivity index (χ1) is 10.2. The minimum atomic E-state index is 0.323. The lowest BCUT2D eigenvalue weighted by Crippen LogP contribution is -2.63. The van der Waals surface area contributed by atoms with E-state index in [-0.39, 0.29) is 0 Å². The molecule has 0 radical (unpaired) electrons. The summed E-state index contributed by atoms with van der Waals surface area (Å²) in [6.07, 6.45) is 0. The van der Waals surface area contributed by atoms with Crippen LogP contribution >= 0.6 is 11.6 Å². The number of rotatable bonds is 5. The average molecular weight is 310 g/mol. The Kier molecular flexibility index (Phi) is 4.69. The highest BCUT2D eigenvalue weighted by atomic mass is 35.5. The van der Waals surface area contributed by atoms with E-state index in [1.807, 2.05) is 6.07 Å². The number of piperazine rings is 3. The highest BCUT2D eigenvalue weighted by molar-refractivity contribution is 6.32. The first-order valence-electron chi connectivity index (χ1n) is 7.76. The smallest absolute Gasteiger partial charge is 0.137 e. The van der Waals surface area contributed by atoms with Crippen LogP contribution in [0.3, 0.4) is 0 Å². The summed E-state index contributed by atoms with van der Waals surface area (Å²) in [5, 5.41) is 4.33. The maximum atomic E-state index is 6.16. The fraction of sp³-hybridized carbons (Fsp3) is 0.625. The Morgan fingerprint density at radius 3 is 2.67 bits per heavy atom. The van der Waals surface area contributed by atoms with Crippen molar-refractivity contribution in [1.29, 1.82) is 0 Å². The molecule has 21 heavy (non-hydrogen) atoms. The van der Waals surface area contributed by atoms with Gasteiger partial charge in [-0.25, -0.2) is 0 Å². The van der Waals surface area contributed by atoms with Gasteiger partial charge in [0.2, 0.25) is 0 Å². The van der Waals surface area contributed by atoms with Crippen molar-refractivity contribution in [3.05, 3.63) is 28.8 Å². The quantitative estimate of drug-likeness (QED) is 0.900. The van der Waals surface area contributed by atoms with Crippen molar-refractivity contribution in [3.63, 3.8) is 0 Å². The molecule has 0 amide bonds. The Hall–Kier alpha value is -0.810. The van der Waals surface area contributed by atoms with E-state index < -0.39 is 0 Å². The second-order valence-corrected chi connectivity index (χ2v) is 6.24. The van der Waals surface area contributed by atoms with Crippen LogP contribution in [0, 0.1) is 0 Å². The number of halogens is 1. The van der Waals surface area contributed by atoms with Gasteiger partial charge < -0.3 is 10.1 Å². The van der Waals surface area contributed by atoms with Gasteiger partial charge in [-0.3, -0.25) is 9.80 Å². The molecule has 3 fully saturated rings. The van der Waals surface area contributed by atoms with E-state index in [4.69, 9.17) is 16.3 Å². The molecule has 0 saturated carbocycles. The predicted molar refractivity (Wildman–Crippen MR) is 86.2 cm³/mol. The first-order valence-corrected chi connectivity index (χ1v) is 8.14. The van der Waals surface area contributed by atoms with Gasteiger partial charge in [-0.1, -0.05) is 24.6 Å². The van der Waals surface area contributed by atoms with E-state index >= 15 is 0 Å². The van der Waals surface area contributed by atoms with E-state index in [1.54, 1.807) is 7.11 Å². The van der Waals surface area contributed by atoms with Gasteiger partial charge in [0.05, 0.1) is 12.1 Å².